The lowest BCUT2D eigenvalue weighted by Crippen LogP contribution is -2.15. The smallest absolute Gasteiger partial charge is 0.0620 e. The van der Waals surface area contributed by atoms with E-state index in [1.54, 1.807) is 0 Å². The van der Waals surface area contributed by atoms with Crippen molar-refractivity contribution in [3.63, 3.8) is 0 Å². The fourth-order valence-corrected chi connectivity index (χ4v) is 6.90. The molecule has 0 saturated heterocycles. The fraction of sp³-hybridized carbons (Fsp3) is 0.0769. The van der Waals surface area contributed by atoms with Crippen molar-refractivity contribution in [1.82, 2.24) is 4.57 Å². The van der Waals surface area contributed by atoms with Gasteiger partial charge in [0.2, 0.25) is 0 Å². The van der Waals surface area contributed by atoms with Gasteiger partial charge in [0.25, 0.3) is 0 Å². The molecule has 0 amide bonds. The van der Waals surface area contributed by atoms with Crippen molar-refractivity contribution >= 4 is 21.8 Å². The summed E-state index contributed by atoms with van der Waals surface area (Å²) in [4.78, 5) is 0. The van der Waals surface area contributed by atoms with Gasteiger partial charge in [-0.3, -0.25) is 0 Å². The highest BCUT2D eigenvalue weighted by molar-refractivity contribution is 6.15. The highest BCUT2D eigenvalue weighted by Crippen LogP contribution is 2.52. The lowest BCUT2D eigenvalue weighted by Gasteiger charge is -2.22. The molecule has 1 heteroatoms. The zero-order chi connectivity index (χ0) is 26.8. The topological polar surface area (TPSA) is 4.93 Å². The van der Waals surface area contributed by atoms with Crippen molar-refractivity contribution in [2.45, 2.75) is 19.3 Å². The molecule has 0 radical (unpaired) electrons. The molecule has 1 heterocycles. The number of benzene rings is 6. The van der Waals surface area contributed by atoms with Crippen LogP contribution in [0.3, 0.4) is 0 Å². The third-order valence-electron chi connectivity index (χ3n) is 8.79. The van der Waals surface area contributed by atoms with Crippen molar-refractivity contribution in [2.24, 2.45) is 0 Å². The molecule has 7 aromatic rings. The van der Waals surface area contributed by atoms with Gasteiger partial charge in [0.05, 0.1) is 16.7 Å². The monoisotopic (exact) mass is 511 g/mol. The summed E-state index contributed by atoms with van der Waals surface area (Å²) in [5.41, 5.74) is 14.1. The summed E-state index contributed by atoms with van der Waals surface area (Å²) in [7, 11) is 0. The molecule has 0 fully saturated rings. The Morgan fingerprint density at radius 2 is 1.12 bits per heavy atom. The molecule has 0 N–H and O–H groups in total. The Morgan fingerprint density at radius 1 is 0.475 bits per heavy atom. The Hall–Kier alpha value is -4.88. The number of fused-ring (bicyclic) bond motifs is 6. The fourth-order valence-electron chi connectivity index (χ4n) is 6.90. The Kier molecular flexibility index (Phi) is 4.93. The van der Waals surface area contributed by atoms with Crippen LogP contribution in [-0.2, 0) is 5.41 Å². The van der Waals surface area contributed by atoms with E-state index in [2.05, 4.69) is 158 Å². The Balaban J connectivity index is 1.55. The van der Waals surface area contributed by atoms with Crippen LogP contribution >= 0.6 is 0 Å². The molecular formula is C39H29N. The second-order valence-corrected chi connectivity index (χ2v) is 11.4. The van der Waals surface area contributed by atoms with E-state index in [0.29, 0.717) is 0 Å². The van der Waals surface area contributed by atoms with E-state index >= 15 is 0 Å². The normalized spacial score (nSPS) is 13.4. The first-order valence-electron chi connectivity index (χ1n) is 14.0. The zero-order valence-corrected chi connectivity index (χ0v) is 22.7. The van der Waals surface area contributed by atoms with Crippen LogP contribution in [0.5, 0.6) is 0 Å². The molecular weight excluding hydrogens is 482 g/mol. The Bertz CT molecular complexity index is 2060. The van der Waals surface area contributed by atoms with Crippen LogP contribution < -0.4 is 0 Å². The van der Waals surface area contributed by atoms with Crippen LogP contribution in [0.4, 0.5) is 0 Å². The summed E-state index contributed by atoms with van der Waals surface area (Å²) in [6.07, 6.45) is 0. The van der Waals surface area contributed by atoms with E-state index in [-0.39, 0.29) is 5.41 Å². The van der Waals surface area contributed by atoms with Crippen molar-refractivity contribution < 1.29 is 0 Å². The van der Waals surface area contributed by atoms with Gasteiger partial charge in [-0.1, -0.05) is 129 Å². The summed E-state index contributed by atoms with van der Waals surface area (Å²) in [5, 5.41) is 2.55. The molecule has 1 aliphatic carbocycles. The second-order valence-electron chi connectivity index (χ2n) is 11.4. The largest absolute Gasteiger partial charge is 0.308 e. The molecule has 6 aromatic carbocycles. The average Bonchev–Trinajstić information content (AvgIpc) is 3.47. The number of nitrogens with zero attached hydrogens (tertiary/aromatic N) is 1. The van der Waals surface area contributed by atoms with Crippen LogP contribution in [0.1, 0.15) is 25.0 Å². The van der Waals surface area contributed by atoms with E-state index in [1.807, 2.05) is 0 Å². The van der Waals surface area contributed by atoms with Gasteiger partial charge in [-0.05, 0) is 57.6 Å². The Morgan fingerprint density at radius 3 is 1.93 bits per heavy atom. The number of hydrogen-bond donors (Lipinski definition) is 0. The molecule has 40 heavy (non-hydrogen) atoms. The van der Waals surface area contributed by atoms with Crippen molar-refractivity contribution in [2.75, 3.05) is 0 Å². The van der Waals surface area contributed by atoms with E-state index in [0.717, 1.165) is 0 Å². The molecule has 0 saturated carbocycles. The van der Waals surface area contributed by atoms with Crippen LogP contribution in [-0.4, -0.2) is 4.57 Å². The molecule has 1 aliphatic rings. The third kappa shape index (κ3) is 3.21. The zero-order valence-electron chi connectivity index (χ0n) is 22.7. The molecule has 8 rings (SSSR count). The van der Waals surface area contributed by atoms with E-state index in [1.165, 1.54) is 72.0 Å². The Labute approximate surface area is 235 Å². The van der Waals surface area contributed by atoms with Gasteiger partial charge in [-0.25, -0.2) is 0 Å². The quantitative estimate of drug-likeness (QED) is 0.222. The molecule has 0 atom stereocenters. The van der Waals surface area contributed by atoms with E-state index in [4.69, 9.17) is 0 Å². The van der Waals surface area contributed by atoms with Gasteiger partial charge in [0.15, 0.2) is 0 Å². The highest BCUT2D eigenvalue weighted by Gasteiger charge is 2.37. The number of rotatable bonds is 3. The minimum Gasteiger partial charge on any atom is -0.308 e. The maximum absolute atomic E-state index is 2.53. The standard InChI is InChI=1S/C39H29N/c1-39(2)33-20-11-9-19-30(33)37-34(39)21-13-23-36(37)40-35-22-12-10-18-29(35)32-25-28(26-14-5-3-6-15-26)24-31(38(32)40)27-16-7-4-8-17-27/h3-25H,1-2H3. The van der Waals surface area contributed by atoms with Crippen molar-refractivity contribution in [3.8, 4) is 39.1 Å². The molecule has 190 valence electrons. The summed E-state index contributed by atoms with van der Waals surface area (Å²) in [6, 6.07) is 51.0. The van der Waals surface area contributed by atoms with Crippen LogP contribution in [0.15, 0.2) is 140 Å². The van der Waals surface area contributed by atoms with Gasteiger partial charge < -0.3 is 4.57 Å². The molecule has 0 bridgehead atoms. The van der Waals surface area contributed by atoms with Crippen LogP contribution in [0.25, 0.3) is 60.9 Å². The minimum absolute atomic E-state index is 0.0521. The summed E-state index contributed by atoms with van der Waals surface area (Å²) in [5.74, 6) is 0. The second kappa shape index (κ2) is 8.56. The summed E-state index contributed by atoms with van der Waals surface area (Å²) < 4.78 is 2.53. The predicted octanol–water partition coefficient (Wildman–Crippen LogP) is 10.4. The molecule has 0 unspecified atom stereocenters. The molecule has 0 aliphatic heterocycles. The lowest BCUT2D eigenvalue weighted by atomic mass is 9.82. The van der Waals surface area contributed by atoms with Crippen molar-refractivity contribution in [3.05, 3.63) is 151 Å². The number of para-hydroxylation sites is 1. The highest BCUT2D eigenvalue weighted by atomic mass is 15.0. The molecule has 0 spiro atoms. The molecule has 1 aromatic heterocycles. The first-order chi connectivity index (χ1) is 19.6. The van der Waals surface area contributed by atoms with Crippen LogP contribution in [0.2, 0.25) is 0 Å². The maximum Gasteiger partial charge on any atom is 0.0620 e. The van der Waals surface area contributed by atoms with Gasteiger partial charge >= 0.3 is 0 Å². The average molecular weight is 512 g/mol. The van der Waals surface area contributed by atoms with Gasteiger partial charge in [-0.2, -0.15) is 0 Å². The SMILES string of the molecule is CC1(C)c2ccccc2-c2c(-n3c4ccccc4c4cc(-c5ccccc5)cc(-c5ccccc5)c43)cccc21. The number of hydrogen-bond acceptors (Lipinski definition) is 0. The van der Waals surface area contributed by atoms with Gasteiger partial charge in [0, 0.05) is 27.3 Å². The van der Waals surface area contributed by atoms with Crippen molar-refractivity contribution in [1.29, 1.82) is 0 Å². The summed E-state index contributed by atoms with van der Waals surface area (Å²) in [6.45, 7) is 4.71. The first kappa shape index (κ1) is 23.0. The lowest BCUT2D eigenvalue weighted by molar-refractivity contribution is 0.660. The van der Waals surface area contributed by atoms with Gasteiger partial charge in [0.1, 0.15) is 0 Å². The predicted molar refractivity (Wildman–Crippen MR) is 169 cm³/mol. The third-order valence-corrected chi connectivity index (χ3v) is 8.79. The van der Waals surface area contributed by atoms with Gasteiger partial charge in [-0.15, -0.1) is 0 Å². The van der Waals surface area contributed by atoms with E-state index < -0.39 is 0 Å². The molecule has 1 nitrogen and oxygen atoms in total. The van der Waals surface area contributed by atoms with Crippen LogP contribution in [0, 0.1) is 0 Å². The maximum atomic E-state index is 2.53. The summed E-state index contributed by atoms with van der Waals surface area (Å²) >= 11 is 0. The first-order valence-corrected chi connectivity index (χ1v) is 14.0. The van der Waals surface area contributed by atoms with E-state index in [9.17, 15) is 0 Å². The number of aromatic nitrogens is 1. The minimum atomic E-state index is -0.0521.